The molecule has 0 unspecified atom stereocenters. The highest BCUT2D eigenvalue weighted by atomic mass is 15.4. The predicted molar refractivity (Wildman–Crippen MR) is 255 cm³/mol. The Morgan fingerprint density at radius 2 is 0.823 bits per heavy atom. The lowest BCUT2D eigenvalue weighted by atomic mass is 10.0. The molecule has 4 aromatic heterocycles. The van der Waals surface area contributed by atoms with Crippen LogP contribution in [0.3, 0.4) is 0 Å². The van der Waals surface area contributed by atoms with Gasteiger partial charge in [0.1, 0.15) is 11.4 Å². The molecule has 62 heavy (non-hydrogen) atoms. The van der Waals surface area contributed by atoms with E-state index in [2.05, 4.69) is 208 Å². The van der Waals surface area contributed by atoms with Crippen LogP contribution in [0.4, 0.5) is 0 Å². The Kier molecular flexibility index (Phi) is 7.50. The lowest BCUT2D eigenvalue weighted by Gasteiger charge is -2.13. The van der Waals surface area contributed by atoms with Crippen LogP contribution in [0, 0.1) is 0 Å². The molecule has 0 N–H and O–H groups in total. The number of hydrogen-bond donors (Lipinski definition) is 0. The molecule has 0 aliphatic rings. The third-order valence-corrected chi connectivity index (χ3v) is 12.5. The van der Waals surface area contributed by atoms with Crippen molar-refractivity contribution >= 4 is 65.4 Å². The van der Waals surface area contributed by atoms with Crippen LogP contribution in [-0.4, -0.2) is 28.7 Å². The van der Waals surface area contributed by atoms with Crippen molar-refractivity contribution in [2.45, 2.75) is 0 Å². The Morgan fingerprint density at radius 1 is 0.306 bits per heavy atom. The molecule has 0 spiro atoms. The first-order valence-electron chi connectivity index (χ1n) is 21.0. The van der Waals surface area contributed by atoms with Crippen LogP contribution in [0.5, 0.6) is 0 Å². The molecular weight excluding hydrogens is 757 g/mol. The molecule has 0 bridgehead atoms. The lowest BCUT2D eigenvalue weighted by molar-refractivity contribution is 0.809. The van der Waals surface area contributed by atoms with Gasteiger partial charge in [0, 0.05) is 60.5 Å². The number of para-hydroxylation sites is 5. The molecule has 0 radical (unpaired) electrons. The third-order valence-electron chi connectivity index (χ3n) is 12.5. The molecule has 0 saturated heterocycles. The molecule has 0 saturated carbocycles. The maximum absolute atomic E-state index is 4.76. The summed E-state index contributed by atoms with van der Waals surface area (Å²) in [6.07, 6.45) is 0. The normalized spacial score (nSPS) is 11.9. The van der Waals surface area contributed by atoms with Crippen molar-refractivity contribution in [3.8, 4) is 45.3 Å². The standard InChI is InChI=1S/C56H36N6/c1-4-17-37(18-5-1)54-55(62(58-57-54)40-21-8-3-9-22-40)38-31-33-51-47(35-38)44-26-11-13-28-48(44)59(51)41-23-16-24-42(36-41)60-50-30-15-12-27-46(50)53-52(60)34-32-45-43-25-10-14-29-49(43)61(56(45)53)39-19-6-2-7-20-39/h1-36H. The molecule has 4 heterocycles. The van der Waals surface area contributed by atoms with Crippen molar-refractivity contribution in [3.63, 3.8) is 0 Å². The van der Waals surface area contributed by atoms with Crippen molar-refractivity contribution in [3.05, 3.63) is 218 Å². The number of nitrogens with zero attached hydrogens (tertiary/aromatic N) is 6. The molecule has 0 amide bonds. The predicted octanol–water partition coefficient (Wildman–Crippen LogP) is 13.9. The Labute approximate surface area is 356 Å². The zero-order valence-corrected chi connectivity index (χ0v) is 33.5. The van der Waals surface area contributed by atoms with Crippen LogP contribution in [0.25, 0.3) is 111 Å². The molecule has 6 nitrogen and oxygen atoms in total. The van der Waals surface area contributed by atoms with Crippen molar-refractivity contribution in [2.75, 3.05) is 0 Å². The van der Waals surface area contributed by atoms with Crippen LogP contribution in [0.15, 0.2) is 218 Å². The summed E-state index contributed by atoms with van der Waals surface area (Å²) in [5.41, 5.74) is 15.2. The second-order valence-corrected chi connectivity index (χ2v) is 15.9. The monoisotopic (exact) mass is 792 g/mol. The minimum atomic E-state index is 0.845. The maximum Gasteiger partial charge on any atom is 0.121 e. The first-order valence-corrected chi connectivity index (χ1v) is 21.0. The molecule has 0 aliphatic heterocycles. The smallest absolute Gasteiger partial charge is 0.121 e. The van der Waals surface area contributed by atoms with E-state index < -0.39 is 0 Å². The van der Waals surface area contributed by atoms with Gasteiger partial charge in [0.2, 0.25) is 0 Å². The van der Waals surface area contributed by atoms with Gasteiger partial charge in [-0.15, -0.1) is 5.10 Å². The molecule has 13 aromatic rings. The van der Waals surface area contributed by atoms with Gasteiger partial charge in [0.15, 0.2) is 0 Å². The molecule has 0 aliphatic carbocycles. The topological polar surface area (TPSA) is 45.5 Å². The number of aromatic nitrogens is 6. The lowest BCUT2D eigenvalue weighted by Crippen LogP contribution is -2.00. The molecule has 6 heteroatoms. The van der Waals surface area contributed by atoms with Crippen LogP contribution in [0.1, 0.15) is 0 Å². The second-order valence-electron chi connectivity index (χ2n) is 15.9. The molecule has 0 atom stereocenters. The fraction of sp³-hybridized carbons (Fsp3) is 0. The summed E-state index contributed by atoms with van der Waals surface area (Å²) in [5.74, 6) is 0. The first-order chi connectivity index (χ1) is 30.8. The summed E-state index contributed by atoms with van der Waals surface area (Å²) in [6, 6.07) is 78.1. The van der Waals surface area contributed by atoms with Gasteiger partial charge in [-0.3, -0.25) is 0 Å². The zero-order chi connectivity index (χ0) is 40.7. The van der Waals surface area contributed by atoms with Crippen molar-refractivity contribution in [1.82, 2.24) is 28.7 Å². The number of benzene rings is 9. The fourth-order valence-corrected chi connectivity index (χ4v) is 9.88. The first kappa shape index (κ1) is 34.4. The Hall–Kier alpha value is -8.48. The SMILES string of the molecule is c1ccc(-c2nnn(-c3ccccc3)c2-c2ccc3c(c2)c2ccccc2n3-c2cccc(-n3c4ccccc4c4c3ccc3c5ccccc5n(-c5ccccc5)c34)c2)cc1. The van der Waals surface area contributed by atoms with E-state index in [1.807, 2.05) is 28.9 Å². The van der Waals surface area contributed by atoms with E-state index in [1.165, 1.54) is 49.0 Å². The van der Waals surface area contributed by atoms with E-state index in [1.54, 1.807) is 0 Å². The summed E-state index contributed by atoms with van der Waals surface area (Å²) in [6.45, 7) is 0. The minimum Gasteiger partial charge on any atom is -0.309 e. The number of hydrogen-bond acceptors (Lipinski definition) is 2. The third kappa shape index (κ3) is 5.04. The second kappa shape index (κ2) is 13.5. The fourth-order valence-electron chi connectivity index (χ4n) is 9.88. The zero-order valence-electron chi connectivity index (χ0n) is 33.5. The van der Waals surface area contributed by atoms with E-state index in [9.17, 15) is 0 Å². The summed E-state index contributed by atoms with van der Waals surface area (Å²) in [4.78, 5) is 0. The van der Waals surface area contributed by atoms with Gasteiger partial charge in [-0.25, -0.2) is 4.68 Å². The van der Waals surface area contributed by atoms with E-state index in [0.717, 1.165) is 61.7 Å². The van der Waals surface area contributed by atoms with E-state index >= 15 is 0 Å². The Balaban J connectivity index is 1.03. The summed E-state index contributed by atoms with van der Waals surface area (Å²) in [5, 5.41) is 16.8. The van der Waals surface area contributed by atoms with Crippen molar-refractivity contribution in [1.29, 1.82) is 0 Å². The van der Waals surface area contributed by atoms with E-state index in [0.29, 0.717) is 0 Å². The highest BCUT2D eigenvalue weighted by Gasteiger charge is 2.23. The quantitative estimate of drug-likeness (QED) is 0.168. The van der Waals surface area contributed by atoms with Gasteiger partial charge in [0.25, 0.3) is 0 Å². The molecule has 290 valence electrons. The van der Waals surface area contributed by atoms with Crippen molar-refractivity contribution < 1.29 is 0 Å². The van der Waals surface area contributed by atoms with Crippen molar-refractivity contribution in [2.24, 2.45) is 0 Å². The highest BCUT2D eigenvalue weighted by Crippen LogP contribution is 2.43. The van der Waals surface area contributed by atoms with Gasteiger partial charge in [-0.05, 0) is 78.9 Å². The molecular formula is C56H36N6. The Morgan fingerprint density at radius 3 is 1.53 bits per heavy atom. The molecule has 0 fully saturated rings. The van der Waals surface area contributed by atoms with Crippen LogP contribution < -0.4 is 0 Å². The number of rotatable bonds is 6. The maximum atomic E-state index is 4.76. The van der Waals surface area contributed by atoms with Gasteiger partial charge >= 0.3 is 0 Å². The van der Waals surface area contributed by atoms with E-state index in [-0.39, 0.29) is 0 Å². The minimum absolute atomic E-state index is 0.845. The Bertz CT molecular complexity index is 3790. The van der Waals surface area contributed by atoms with Gasteiger partial charge in [0.05, 0.1) is 38.8 Å². The van der Waals surface area contributed by atoms with Crippen LogP contribution >= 0.6 is 0 Å². The van der Waals surface area contributed by atoms with Gasteiger partial charge < -0.3 is 13.7 Å². The van der Waals surface area contributed by atoms with E-state index in [4.69, 9.17) is 10.3 Å². The average Bonchev–Trinajstić information content (AvgIpc) is 4.11. The van der Waals surface area contributed by atoms with Crippen LogP contribution in [0.2, 0.25) is 0 Å². The summed E-state index contributed by atoms with van der Waals surface area (Å²) >= 11 is 0. The van der Waals surface area contributed by atoms with Crippen LogP contribution in [-0.2, 0) is 0 Å². The highest BCUT2D eigenvalue weighted by molar-refractivity contribution is 6.26. The molecule has 9 aromatic carbocycles. The van der Waals surface area contributed by atoms with Gasteiger partial charge in [-0.2, -0.15) is 0 Å². The average molecular weight is 793 g/mol. The summed E-state index contributed by atoms with van der Waals surface area (Å²) < 4.78 is 9.25. The summed E-state index contributed by atoms with van der Waals surface area (Å²) in [7, 11) is 0. The number of fused-ring (bicyclic) bond motifs is 10. The molecule has 13 rings (SSSR count). The largest absolute Gasteiger partial charge is 0.309 e. The van der Waals surface area contributed by atoms with Gasteiger partial charge in [-0.1, -0.05) is 145 Å².